The standard InChI is InChI=1S/C26H28N2O5S2/c1-26(2,3)16-15-18-9-11-19(12-10-18)35(30,31)33-28-24-14-13-23(34-24)22(17-27)20-7-5-6-8-21(20)25(29)32-4/h7-14H,5-6,15-16H2,1-4H3. The van der Waals surface area contributed by atoms with E-state index in [1.165, 1.54) is 19.2 Å². The van der Waals surface area contributed by atoms with Crippen LogP contribution in [-0.4, -0.2) is 26.5 Å². The Kier molecular flexibility index (Phi) is 8.41. The third-order valence-corrected chi connectivity index (χ3v) is 7.48. The molecule has 0 fully saturated rings. The van der Waals surface area contributed by atoms with Crippen LogP contribution in [0.15, 0.2) is 80.2 Å². The molecule has 9 heteroatoms. The number of esters is 1. The molecule has 1 aromatic rings. The number of nitriles is 1. The van der Waals surface area contributed by atoms with Gasteiger partial charge < -0.3 is 4.74 Å². The minimum Gasteiger partial charge on any atom is -0.465 e. The molecule has 0 amide bonds. The van der Waals surface area contributed by atoms with Gasteiger partial charge in [-0.25, -0.2) is 4.79 Å². The van der Waals surface area contributed by atoms with Gasteiger partial charge in [-0.05, 0) is 60.9 Å². The van der Waals surface area contributed by atoms with Crippen molar-refractivity contribution in [1.29, 1.82) is 5.26 Å². The number of oxime groups is 1. The molecule has 0 saturated heterocycles. The number of thioether (sulfide) groups is 1. The molecule has 1 aliphatic carbocycles. The van der Waals surface area contributed by atoms with Gasteiger partial charge in [-0.15, -0.1) is 0 Å². The van der Waals surface area contributed by atoms with Crippen molar-refractivity contribution >= 4 is 32.9 Å². The molecule has 3 rings (SSSR count). The Balaban J connectivity index is 1.72. The minimum absolute atomic E-state index is 0.0158. The second kappa shape index (κ2) is 11.1. The molecule has 0 unspecified atom stereocenters. The first-order chi connectivity index (χ1) is 16.5. The van der Waals surface area contributed by atoms with Crippen molar-refractivity contribution in [2.75, 3.05) is 7.11 Å². The molecular formula is C26H28N2O5S2. The van der Waals surface area contributed by atoms with E-state index in [-0.39, 0.29) is 15.4 Å². The van der Waals surface area contributed by atoms with Crippen LogP contribution in [0.5, 0.6) is 0 Å². The Labute approximate surface area is 211 Å². The summed E-state index contributed by atoms with van der Waals surface area (Å²) in [5.74, 6) is -0.510. The number of ether oxygens (including phenoxy) is 1. The average molecular weight is 513 g/mol. The zero-order valence-corrected chi connectivity index (χ0v) is 21.8. The highest BCUT2D eigenvalue weighted by Crippen LogP contribution is 2.36. The molecule has 1 aliphatic heterocycles. The van der Waals surface area contributed by atoms with Crippen LogP contribution in [0.3, 0.4) is 0 Å². The summed E-state index contributed by atoms with van der Waals surface area (Å²) in [7, 11) is -2.80. The van der Waals surface area contributed by atoms with E-state index in [0.717, 1.165) is 30.2 Å². The topological polar surface area (TPSA) is 106 Å². The predicted molar refractivity (Wildman–Crippen MR) is 137 cm³/mol. The van der Waals surface area contributed by atoms with E-state index in [1.807, 2.05) is 6.08 Å². The molecule has 2 aliphatic rings. The SMILES string of the molecule is COC(=O)C1=CCCC=C1C(C#N)=C1C=CC(=NOS(=O)(=O)c2ccc(CCC(C)(C)C)cc2)S1. The van der Waals surface area contributed by atoms with Gasteiger partial charge in [0.2, 0.25) is 0 Å². The zero-order valence-electron chi connectivity index (χ0n) is 20.2. The molecule has 7 nitrogen and oxygen atoms in total. The van der Waals surface area contributed by atoms with Crippen molar-refractivity contribution in [3.05, 3.63) is 75.8 Å². The van der Waals surface area contributed by atoms with Gasteiger partial charge in [-0.3, -0.25) is 4.28 Å². The summed E-state index contributed by atoms with van der Waals surface area (Å²) in [5.41, 5.74) is 2.38. The number of nitrogens with zero attached hydrogens (tertiary/aromatic N) is 2. The summed E-state index contributed by atoms with van der Waals surface area (Å²) in [6, 6.07) is 8.73. The summed E-state index contributed by atoms with van der Waals surface area (Å²) in [6.45, 7) is 6.49. The molecular weight excluding hydrogens is 484 g/mol. The lowest BCUT2D eigenvalue weighted by Gasteiger charge is -2.17. The first-order valence-corrected chi connectivity index (χ1v) is 13.4. The van der Waals surface area contributed by atoms with Gasteiger partial charge in [0.15, 0.2) is 0 Å². The van der Waals surface area contributed by atoms with Gasteiger partial charge in [-0.2, -0.15) is 13.7 Å². The highest BCUT2D eigenvalue weighted by molar-refractivity contribution is 8.18. The smallest absolute Gasteiger partial charge is 0.358 e. The Morgan fingerprint density at radius 2 is 1.77 bits per heavy atom. The van der Waals surface area contributed by atoms with Gasteiger partial charge in [0.1, 0.15) is 16.0 Å². The number of rotatable bonds is 7. The summed E-state index contributed by atoms with van der Waals surface area (Å²) in [4.78, 5) is 12.7. The molecule has 0 aromatic heterocycles. The lowest BCUT2D eigenvalue weighted by molar-refractivity contribution is -0.135. The van der Waals surface area contributed by atoms with E-state index in [9.17, 15) is 18.5 Å². The van der Waals surface area contributed by atoms with Crippen molar-refractivity contribution in [3.8, 4) is 6.07 Å². The van der Waals surface area contributed by atoms with Gasteiger partial charge in [-0.1, -0.05) is 62.0 Å². The quantitative estimate of drug-likeness (QED) is 0.266. The Morgan fingerprint density at radius 1 is 1.11 bits per heavy atom. The summed E-state index contributed by atoms with van der Waals surface area (Å²) in [5, 5.41) is 13.8. The average Bonchev–Trinajstić information content (AvgIpc) is 3.30. The van der Waals surface area contributed by atoms with Crippen LogP contribution in [0.2, 0.25) is 0 Å². The first-order valence-electron chi connectivity index (χ1n) is 11.1. The number of hydrogen-bond acceptors (Lipinski definition) is 8. The zero-order chi connectivity index (χ0) is 25.6. The molecule has 0 radical (unpaired) electrons. The van der Waals surface area contributed by atoms with Crippen molar-refractivity contribution in [3.63, 3.8) is 0 Å². The number of carbonyl (C=O) groups excluding carboxylic acids is 1. The minimum atomic E-state index is -4.09. The molecule has 0 saturated carbocycles. The second-order valence-corrected chi connectivity index (χ2v) is 11.8. The van der Waals surface area contributed by atoms with Crippen LogP contribution < -0.4 is 0 Å². The van der Waals surface area contributed by atoms with E-state index in [4.69, 9.17) is 9.02 Å². The maximum absolute atomic E-state index is 12.6. The predicted octanol–water partition coefficient (Wildman–Crippen LogP) is 5.58. The Bertz CT molecular complexity index is 1290. The summed E-state index contributed by atoms with van der Waals surface area (Å²) in [6.07, 6.45) is 10.0. The largest absolute Gasteiger partial charge is 0.465 e. The highest BCUT2D eigenvalue weighted by Gasteiger charge is 2.25. The Morgan fingerprint density at radius 3 is 2.37 bits per heavy atom. The van der Waals surface area contributed by atoms with E-state index in [1.54, 1.807) is 30.4 Å². The van der Waals surface area contributed by atoms with Crippen LogP contribution in [0.4, 0.5) is 0 Å². The fourth-order valence-electron chi connectivity index (χ4n) is 3.45. The van der Waals surface area contributed by atoms with E-state index < -0.39 is 16.1 Å². The lowest BCUT2D eigenvalue weighted by atomic mass is 9.89. The van der Waals surface area contributed by atoms with Crippen molar-refractivity contribution in [1.82, 2.24) is 0 Å². The molecule has 0 bridgehead atoms. The molecule has 0 atom stereocenters. The molecule has 35 heavy (non-hydrogen) atoms. The van der Waals surface area contributed by atoms with Crippen molar-refractivity contribution in [2.24, 2.45) is 10.6 Å². The van der Waals surface area contributed by atoms with Gasteiger partial charge in [0.25, 0.3) is 0 Å². The number of hydrogen-bond donors (Lipinski definition) is 0. The lowest BCUT2D eigenvalue weighted by Crippen LogP contribution is -2.11. The number of carbonyl (C=O) groups is 1. The van der Waals surface area contributed by atoms with Crippen molar-refractivity contribution in [2.45, 2.75) is 51.3 Å². The van der Waals surface area contributed by atoms with Crippen LogP contribution in [0, 0.1) is 16.7 Å². The van der Waals surface area contributed by atoms with Crippen LogP contribution in [0.1, 0.15) is 45.6 Å². The maximum Gasteiger partial charge on any atom is 0.358 e. The molecule has 184 valence electrons. The monoisotopic (exact) mass is 512 g/mol. The normalized spacial score (nSPS) is 18.5. The van der Waals surface area contributed by atoms with E-state index >= 15 is 0 Å². The molecule has 1 aromatic carbocycles. The Hall–Kier alpha value is -3.09. The highest BCUT2D eigenvalue weighted by atomic mass is 32.2. The number of benzene rings is 1. The first kappa shape index (κ1) is 26.5. The van der Waals surface area contributed by atoms with E-state index in [2.05, 4.69) is 32.0 Å². The second-order valence-electron chi connectivity index (χ2n) is 9.25. The molecule has 0 spiro atoms. The van der Waals surface area contributed by atoms with Crippen LogP contribution in [0.25, 0.3) is 0 Å². The number of methoxy groups -OCH3 is 1. The third kappa shape index (κ3) is 6.96. The van der Waals surface area contributed by atoms with Crippen LogP contribution >= 0.6 is 11.8 Å². The maximum atomic E-state index is 12.6. The van der Waals surface area contributed by atoms with Crippen LogP contribution in [-0.2, 0) is 30.4 Å². The van der Waals surface area contributed by atoms with Crippen molar-refractivity contribution < 1.29 is 22.2 Å². The molecule has 0 N–H and O–H groups in total. The number of allylic oxidation sites excluding steroid dienone is 4. The van der Waals surface area contributed by atoms with Gasteiger partial charge in [0.05, 0.1) is 18.3 Å². The summed E-state index contributed by atoms with van der Waals surface area (Å²) >= 11 is 1.09. The fourth-order valence-corrected chi connectivity index (χ4v) is 5.06. The number of aryl methyl sites for hydroxylation is 1. The third-order valence-electron chi connectivity index (χ3n) is 5.38. The van der Waals surface area contributed by atoms with Gasteiger partial charge in [0, 0.05) is 10.5 Å². The van der Waals surface area contributed by atoms with E-state index in [0.29, 0.717) is 34.5 Å². The fraction of sp³-hybridized carbons (Fsp3) is 0.346. The van der Waals surface area contributed by atoms with Gasteiger partial charge >= 0.3 is 16.1 Å². The summed E-state index contributed by atoms with van der Waals surface area (Å²) < 4.78 is 34.9. The molecule has 1 heterocycles.